The van der Waals surface area contributed by atoms with E-state index in [9.17, 15) is 14.7 Å². The number of amides is 2. The first-order valence-electron chi connectivity index (χ1n) is 6.40. The summed E-state index contributed by atoms with van der Waals surface area (Å²) in [5.41, 5.74) is 0. The molecule has 0 aromatic carbocycles. The highest BCUT2D eigenvalue weighted by atomic mass is 16.7. The summed E-state index contributed by atoms with van der Waals surface area (Å²) in [4.78, 5) is 27.8. The number of hydrogen-bond acceptors (Lipinski definition) is 5. The first-order chi connectivity index (χ1) is 9.01. The Morgan fingerprint density at radius 1 is 1.16 bits per heavy atom. The van der Waals surface area contributed by atoms with Crippen LogP contribution in [0.2, 0.25) is 0 Å². The third-order valence-electron chi connectivity index (χ3n) is 4.45. The highest BCUT2D eigenvalue weighted by Gasteiger charge is 2.58. The second kappa shape index (κ2) is 4.16. The molecule has 106 valence electrons. The van der Waals surface area contributed by atoms with Crippen molar-refractivity contribution in [2.45, 2.75) is 36.8 Å². The maximum absolute atomic E-state index is 12.4. The molecule has 0 saturated carbocycles. The van der Waals surface area contributed by atoms with Crippen molar-refractivity contribution in [3.63, 3.8) is 0 Å². The van der Waals surface area contributed by atoms with E-state index in [0.29, 0.717) is 12.8 Å². The van der Waals surface area contributed by atoms with E-state index in [0.717, 1.165) is 0 Å². The molecule has 3 aliphatic heterocycles. The van der Waals surface area contributed by atoms with Crippen LogP contribution in [0.25, 0.3) is 0 Å². The lowest BCUT2D eigenvalue weighted by Gasteiger charge is -2.38. The van der Waals surface area contributed by atoms with Crippen LogP contribution < -0.4 is 0 Å². The van der Waals surface area contributed by atoms with Crippen LogP contribution in [-0.2, 0) is 19.1 Å². The van der Waals surface area contributed by atoms with Gasteiger partial charge in [0.15, 0.2) is 5.79 Å². The van der Waals surface area contributed by atoms with E-state index in [1.54, 1.807) is 0 Å². The standard InChI is InChI=1S/C12H18N2O5/c1-18-12(19-2)4-9-11(17)13-5-7(15)3-8(13)10(16)14(9)6-12/h7-9,15H,3-6H2,1-2H3/t7-,8-,9-/m0/s1. The molecule has 3 aliphatic rings. The molecule has 7 nitrogen and oxygen atoms in total. The summed E-state index contributed by atoms with van der Waals surface area (Å²) in [7, 11) is 3.03. The van der Waals surface area contributed by atoms with Gasteiger partial charge in [0.25, 0.3) is 0 Å². The van der Waals surface area contributed by atoms with Crippen LogP contribution >= 0.6 is 0 Å². The first kappa shape index (κ1) is 12.8. The maximum Gasteiger partial charge on any atom is 0.246 e. The topological polar surface area (TPSA) is 79.3 Å². The van der Waals surface area contributed by atoms with Gasteiger partial charge < -0.3 is 24.4 Å². The third-order valence-corrected chi connectivity index (χ3v) is 4.45. The second-order valence-corrected chi connectivity index (χ2v) is 5.40. The Morgan fingerprint density at radius 3 is 2.42 bits per heavy atom. The zero-order valence-electron chi connectivity index (χ0n) is 11.0. The van der Waals surface area contributed by atoms with Crippen molar-refractivity contribution in [2.24, 2.45) is 0 Å². The SMILES string of the molecule is COC1(OC)C[C@H]2C(=O)N3C[C@@H](O)C[C@H]3C(=O)N2C1. The van der Waals surface area contributed by atoms with Gasteiger partial charge in [-0.25, -0.2) is 0 Å². The Morgan fingerprint density at radius 2 is 1.79 bits per heavy atom. The average Bonchev–Trinajstić information content (AvgIpc) is 2.98. The fourth-order valence-corrected chi connectivity index (χ4v) is 3.34. The third kappa shape index (κ3) is 1.69. The van der Waals surface area contributed by atoms with Crippen molar-refractivity contribution < 1.29 is 24.2 Å². The molecule has 19 heavy (non-hydrogen) atoms. The molecule has 0 unspecified atom stereocenters. The van der Waals surface area contributed by atoms with E-state index >= 15 is 0 Å². The van der Waals surface area contributed by atoms with Crippen LogP contribution in [0.4, 0.5) is 0 Å². The van der Waals surface area contributed by atoms with Gasteiger partial charge in [0, 0.05) is 33.6 Å². The lowest BCUT2D eigenvalue weighted by molar-refractivity contribution is -0.196. The molecule has 1 N–H and O–H groups in total. The van der Waals surface area contributed by atoms with Crippen molar-refractivity contribution in [1.82, 2.24) is 9.80 Å². The Balaban J connectivity index is 1.90. The Hall–Kier alpha value is -1.18. The molecular weight excluding hydrogens is 252 g/mol. The highest BCUT2D eigenvalue weighted by molar-refractivity contribution is 5.98. The zero-order valence-corrected chi connectivity index (χ0v) is 11.0. The van der Waals surface area contributed by atoms with Crippen LogP contribution in [0, 0.1) is 0 Å². The van der Waals surface area contributed by atoms with E-state index in [-0.39, 0.29) is 24.9 Å². The van der Waals surface area contributed by atoms with E-state index in [1.165, 1.54) is 24.0 Å². The molecule has 7 heteroatoms. The Labute approximate surface area is 111 Å². The lowest BCUT2D eigenvalue weighted by atomic mass is 10.1. The molecule has 3 heterocycles. The van der Waals surface area contributed by atoms with Gasteiger partial charge in [-0.1, -0.05) is 0 Å². The number of fused-ring (bicyclic) bond motifs is 2. The smallest absolute Gasteiger partial charge is 0.246 e. The Bertz CT molecular complexity index is 388. The van der Waals surface area contributed by atoms with Crippen molar-refractivity contribution in [1.29, 1.82) is 0 Å². The number of methoxy groups -OCH3 is 2. The summed E-state index contributed by atoms with van der Waals surface area (Å²) in [5, 5.41) is 9.64. The van der Waals surface area contributed by atoms with E-state index in [1.807, 2.05) is 0 Å². The number of carbonyl (C=O) groups is 2. The molecule has 0 spiro atoms. The number of hydrogen-bond donors (Lipinski definition) is 1. The molecule has 3 fully saturated rings. The minimum absolute atomic E-state index is 0.114. The number of ether oxygens (including phenoxy) is 2. The molecule has 0 aromatic heterocycles. The summed E-state index contributed by atoms with van der Waals surface area (Å²) in [6, 6.07) is -1.06. The summed E-state index contributed by atoms with van der Waals surface area (Å²) < 4.78 is 10.7. The normalized spacial score (nSPS) is 36.7. The molecular formula is C12H18N2O5. The molecule has 3 atom stereocenters. The monoisotopic (exact) mass is 270 g/mol. The van der Waals surface area contributed by atoms with E-state index in [2.05, 4.69) is 0 Å². The zero-order chi connectivity index (χ0) is 13.8. The van der Waals surface area contributed by atoms with Gasteiger partial charge in [-0.15, -0.1) is 0 Å². The van der Waals surface area contributed by atoms with Crippen molar-refractivity contribution in [3.05, 3.63) is 0 Å². The number of nitrogens with zero attached hydrogens (tertiary/aromatic N) is 2. The fraction of sp³-hybridized carbons (Fsp3) is 0.833. The van der Waals surface area contributed by atoms with Gasteiger partial charge >= 0.3 is 0 Å². The largest absolute Gasteiger partial charge is 0.391 e. The number of carbonyl (C=O) groups excluding carboxylic acids is 2. The van der Waals surface area contributed by atoms with Gasteiger partial charge in [-0.3, -0.25) is 9.59 Å². The first-order valence-corrected chi connectivity index (χ1v) is 6.40. The summed E-state index contributed by atoms with van der Waals surface area (Å²) in [6.07, 6.45) is 0.0533. The van der Waals surface area contributed by atoms with Crippen molar-refractivity contribution >= 4 is 11.8 Å². The molecule has 0 radical (unpaired) electrons. The van der Waals surface area contributed by atoms with E-state index in [4.69, 9.17) is 9.47 Å². The van der Waals surface area contributed by atoms with Crippen LogP contribution in [-0.4, -0.2) is 78.0 Å². The lowest BCUT2D eigenvalue weighted by Crippen LogP contribution is -2.60. The minimum Gasteiger partial charge on any atom is -0.391 e. The van der Waals surface area contributed by atoms with Crippen LogP contribution in [0.5, 0.6) is 0 Å². The minimum atomic E-state index is -0.894. The van der Waals surface area contributed by atoms with Crippen LogP contribution in [0.15, 0.2) is 0 Å². The fourth-order valence-electron chi connectivity index (χ4n) is 3.34. The average molecular weight is 270 g/mol. The van der Waals surface area contributed by atoms with Crippen molar-refractivity contribution in [2.75, 3.05) is 27.3 Å². The summed E-state index contributed by atoms with van der Waals surface area (Å²) in [6.45, 7) is 0.502. The highest BCUT2D eigenvalue weighted by Crippen LogP contribution is 2.37. The van der Waals surface area contributed by atoms with Gasteiger partial charge in [0.1, 0.15) is 12.1 Å². The van der Waals surface area contributed by atoms with Gasteiger partial charge in [-0.05, 0) is 0 Å². The summed E-state index contributed by atoms with van der Waals surface area (Å²) in [5.74, 6) is -1.12. The number of aliphatic hydroxyl groups is 1. The van der Waals surface area contributed by atoms with Gasteiger partial charge in [0.05, 0.1) is 12.6 Å². The quantitative estimate of drug-likeness (QED) is 0.621. The second-order valence-electron chi connectivity index (χ2n) is 5.40. The van der Waals surface area contributed by atoms with Crippen LogP contribution in [0.1, 0.15) is 12.8 Å². The van der Waals surface area contributed by atoms with E-state index < -0.39 is 24.0 Å². The molecule has 2 amide bonds. The molecule has 0 bridgehead atoms. The number of piperazine rings is 1. The molecule has 3 rings (SSSR count). The predicted molar refractivity (Wildman–Crippen MR) is 63.0 cm³/mol. The summed E-state index contributed by atoms with van der Waals surface area (Å²) >= 11 is 0. The van der Waals surface area contributed by atoms with Crippen molar-refractivity contribution in [3.8, 4) is 0 Å². The predicted octanol–water partition coefficient (Wildman–Crippen LogP) is -1.45. The maximum atomic E-state index is 12.4. The Kier molecular flexibility index (Phi) is 2.81. The molecule has 3 saturated heterocycles. The van der Waals surface area contributed by atoms with Gasteiger partial charge in [0.2, 0.25) is 11.8 Å². The number of rotatable bonds is 2. The molecule has 0 aromatic rings. The van der Waals surface area contributed by atoms with Gasteiger partial charge in [-0.2, -0.15) is 0 Å². The van der Waals surface area contributed by atoms with Crippen LogP contribution in [0.3, 0.4) is 0 Å². The molecule has 0 aliphatic carbocycles. The number of aliphatic hydroxyl groups excluding tert-OH is 1.